The van der Waals surface area contributed by atoms with E-state index in [1.165, 1.54) is 70.6 Å². The molecule has 1 saturated carbocycles. The maximum absolute atomic E-state index is 6.47. The molecule has 0 saturated heterocycles. The molecule has 0 amide bonds. The molecule has 5 heteroatoms. The summed E-state index contributed by atoms with van der Waals surface area (Å²) in [6.07, 6.45) is 24.2. The van der Waals surface area contributed by atoms with E-state index in [1.54, 1.807) is 0 Å². The number of pyridine rings is 1. The van der Waals surface area contributed by atoms with Gasteiger partial charge in [-0.25, -0.2) is 0 Å². The Labute approximate surface area is 310 Å². The molecular weight excluding hydrogens is 651 g/mol. The van der Waals surface area contributed by atoms with Gasteiger partial charge in [0.25, 0.3) is 0 Å². The average molecular weight is 690 g/mol. The number of allylic oxidation sites excluding steroid dienone is 6. The van der Waals surface area contributed by atoms with Crippen LogP contribution in [-0.4, -0.2) is 4.98 Å². The lowest BCUT2D eigenvalue weighted by Crippen LogP contribution is -2.30. The van der Waals surface area contributed by atoms with Gasteiger partial charge < -0.3 is 19.3 Å². The summed E-state index contributed by atoms with van der Waals surface area (Å²) >= 11 is 0. The van der Waals surface area contributed by atoms with Crippen LogP contribution in [0.15, 0.2) is 150 Å². The highest BCUT2D eigenvalue weighted by Gasteiger charge is 2.45. The molecule has 0 N–H and O–H groups in total. The Morgan fingerprint density at radius 1 is 0.642 bits per heavy atom. The van der Waals surface area contributed by atoms with Crippen molar-refractivity contribution in [1.29, 1.82) is 0 Å². The van der Waals surface area contributed by atoms with Gasteiger partial charge >= 0.3 is 0 Å². The van der Waals surface area contributed by atoms with Crippen LogP contribution in [0.1, 0.15) is 73.8 Å². The largest absolute Gasteiger partial charge is 0.458 e. The fourth-order valence-electron chi connectivity index (χ4n) is 9.50. The lowest BCUT2D eigenvalue weighted by Gasteiger charge is -2.38. The normalized spacial score (nSPS) is 18.7. The SMILES string of the molecule is C1=CC2=C(CC1)OC1=C(CCC=C1)N2c1ccc2c(c1)C1(CCCC1)c1cc(/C=C/c3ccc(N4c5ccccc5Oc5ccccc54)cn3)ccc1-2. The molecule has 1 spiro atoms. The zero-order chi connectivity index (χ0) is 34.9. The molecule has 4 aliphatic carbocycles. The summed E-state index contributed by atoms with van der Waals surface area (Å²) < 4.78 is 12.7. The van der Waals surface area contributed by atoms with Gasteiger partial charge in [-0.1, -0.05) is 79.6 Å². The molecule has 3 heterocycles. The summed E-state index contributed by atoms with van der Waals surface area (Å²) in [5, 5.41) is 0. The maximum atomic E-state index is 6.47. The van der Waals surface area contributed by atoms with Crippen LogP contribution >= 0.6 is 0 Å². The molecule has 0 bridgehead atoms. The van der Waals surface area contributed by atoms with E-state index in [0.717, 1.165) is 71.5 Å². The molecule has 0 radical (unpaired) electrons. The monoisotopic (exact) mass is 689 g/mol. The Balaban J connectivity index is 0.914. The van der Waals surface area contributed by atoms with Gasteiger partial charge in [0.2, 0.25) is 0 Å². The molecular formula is C48H39N3O2. The molecule has 5 aromatic rings. The molecule has 5 nitrogen and oxygen atoms in total. The van der Waals surface area contributed by atoms with Gasteiger partial charge in [-0.3, -0.25) is 4.98 Å². The number of anilines is 4. The summed E-state index contributed by atoms with van der Waals surface area (Å²) in [6, 6.07) is 34.9. The summed E-state index contributed by atoms with van der Waals surface area (Å²) in [4.78, 5) is 9.63. The third kappa shape index (κ3) is 4.80. The number of para-hydroxylation sites is 4. The van der Waals surface area contributed by atoms with Gasteiger partial charge in [0.15, 0.2) is 11.5 Å². The third-order valence-corrected chi connectivity index (χ3v) is 11.9. The third-order valence-electron chi connectivity index (χ3n) is 11.9. The number of hydrogen-bond acceptors (Lipinski definition) is 5. The number of ether oxygens (including phenoxy) is 2. The van der Waals surface area contributed by atoms with Crippen LogP contribution in [0.4, 0.5) is 22.7 Å². The molecule has 1 aromatic heterocycles. The highest BCUT2D eigenvalue weighted by molar-refractivity contribution is 5.87. The van der Waals surface area contributed by atoms with E-state index >= 15 is 0 Å². The van der Waals surface area contributed by atoms with Crippen molar-refractivity contribution in [2.24, 2.45) is 0 Å². The highest BCUT2D eigenvalue weighted by atomic mass is 16.5. The molecule has 11 rings (SSSR count). The van der Waals surface area contributed by atoms with E-state index < -0.39 is 0 Å². The first-order valence-electron chi connectivity index (χ1n) is 19.1. The second kappa shape index (κ2) is 12.0. The first kappa shape index (κ1) is 30.5. The van der Waals surface area contributed by atoms with E-state index in [2.05, 4.69) is 107 Å². The number of rotatable bonds is 4. The Bertz CT molecular complexity index is 2430. The molecule has 258 valence electrons. The van der Waals surface area contributed by atoms with Gasteiger partial charge in [0, 0.05) is 17.5 Å². The fourth-order valence-corrected chi connectivity index (χ4v) is 9.50. The molecule has 1 fully saturated rings. The number of nitrogens with zero attached hydrogens (tertiary/aromatic N) is 3. The minimum absolute atomic E-state index is 0.0464. The van der Waals surface area contributed by atoms with Crippen LogP contribution in [0.2, 0.25) is 0 Å². The Hall–Kier alpha value is -6.07. The standard InChI is InChI=1S/C48H39N3O2/c1-5-15-44-40(11-1)50(41-12-2-6-16-45(41)52-44)34-24-26-37-36-25-20-32(29-38(36)48(39(37)30-34)27-9-10-28-48)19-21-33-22-23-35(31-49-33)51-42-13-3-7-17-46(42)53-47-18-8-4-14-43(47)51/h1,3-4,6-8,11,13-14,16-26,29-31H,2,5,9-10,12,15,27-28H2/b21-19+. The minimum atomic E-state index is 0.0464. The van der Waals surface area contributed by atoms with Gasteiger partial charge in [0.1, 0.15) is 11.5 Å². The predicted octanol–water partition coefficient (Wildman–Crippen LogP) is 12.6. The van der Waals surface area contributed by atoms with Crippen molar-refractivity contribution < 1.29 is 9.47 Å². The summed E-state index contributed by atoms with van der Waals surface area (Å²) in [5.74, 6) is 3.79. The maximum Gasteiger partial charge on any atom is 0.151 e. The van der Waals surface area contributed by atoms with Crippen molar-refractivity contribution in [3.63, 3.8) is 0 Å². The number of fused-ring (bicyclic) bond motifs is 7. The Morgan fingerprint density at radius 3 is 2.15 bits per heavy atom. The van der Waals surface area contributed by atoms with Gasteiger partial charge in [-0.2, -0.15) is 0 Å². The van der Waals surface area contributed by atoms with Crippen LogP contribution < -0.4 is 14.5 Å². The molecule has 2 aliphatic heterocycles. The van der Waals surface area contributed by atoms with E-state index in [0.29, 0.717) is 0 Å². The van der Waals surface area contributed by atoms with Gasteiger partial charge in [-0.15, -0.1) is 0 Å². The van der Waals surface area contributed by atoms with Crippen molar-refractivity contribution in [2.45, 2.75) is 56.8 Å². The molecule has 6 aliphatic rings. The fraction of sp³-hybridized carbons (Fsp3) is 0.188. The smallest absolute Gasteiger partial charge is 0.151 e. The number of hydrogen-bond donors (Lipinski definition) is 0. The lowest BCUT2D eigenvalue weighted by molar-refractivity contribution is 0.281. The van der Waals surface area contributed by atoms with E-state index in [-0.39, 0.29) is 5.41 Å². The quantitative estimate of drug-likeness (QED) is 0.184. The zero-order valence-corrected chi connectivity index (χ0v) is 29.6. The van der Waals surface area contributed by atoms with Crippen LogP contribution in [0.3, 0.4) is 0 Å². The summed E-state index contributed by atoms with van der Waals surface area (Å²) in [6.45, 7) is 0. The van der Waals surface area contributed by atoms with Crippen LogP contribution in [0.5, 0.6) is 11.5 Å². The van der Waals surface area contributed by atoms with E-state index in [9.17, 15) is 0 Å². The number of aromatic nitrogens is 1. The van der Waals surface area contributed by atoms with Crippen molar-refractivity contribution in [3.8, 4) is 22.6 Å². The van der Waals surface area contributed by atoms with Crippen LogP contribution in [-0.2, 0) is 10.2 Å². The second-order valence-electron chi connectivity index (χ2n) is 14.9. The van der Waals surface area contributed by atoms with Crippen molar-refractivity contribution in [3.05, 3.63) is 173 Å². The topological polar surface area (TPSA) is 37.8 Å². The van der Waals surface area contributed by atoms with Gasteiger partial charge in [-0.05, 0) is 127 Å². The molecule has 4 aromatic carbocycles. The number of benzene rings is 4. The zero-order valence-electron chi connectivity index (χ0n) is 29.6. The van der Waals surface area contributed by atoms with Crippen molar-refractivity contribution in [1.82, 2.24) is 4.98 Å². The van der Waals surface area contributed by atoms with Crippen molar-refractivity contribution in [2.75, 3.05) is 9.80 Å². The molecule has 0 unspecified atom stereocenters. The second-order valence-corrected chi connectivity index (χ2v) is 14.9. The van der Waals surface area contributed by atoms with Crippen molar-refractivity contribution >= 4 is 34.9 Å². The first-order chi connectivity index (χ1) is 26.2. The Kier molecular flexibility index (Phi) is 6.91. The minimum Gasteiger partial charge on any atom is -0.458 e. The molecule has 53 heavy (non-hydrogen) atoms. The molecule has 0 atom stereocenters. The predicted molar refractivity (Wildman–Crippen MR) is 213 cm³/mol. The summed E-state index contributed by atoms with van der Waals surface area (Å²) in [5.41, 5.74) is 14.7. The average Bonchev–Trinajstić information content (AvgIpc) is 3.82. The van der Waals surface area contributed by atoms with Crippen LogP contribution in [0, 0.1) is 0 Å². The summed E-state index contributed by atoms with van der Waals surface area (Å²) in [7, 11) is 0. The lowest BCUT2D eigenvalue weighted by atomic mass is 9.76. The Morgan fingerprint density at radius 2 is 1.36 bits per heavy atom. The van der Waals surface area contributed by atoms with E-state index in [1.807, 2.05) is 42.6 Å². The van der Waals surface area contributed by atoms with Gasteiger partial charge in [0.05, 0.1) is 40.3 Å². The first-order valence-corrected chi connectivity index (χ1v) is 19.1. The van der Waals surface area contributed by atoms with E-state index in [4.69, 9.17) is 14.5 Å². The van der Waals surface area contributed by atoms with Crippen LogP contribution in [0.25, 0.3) is 23.3 Å². The highest BCUT2D eigenvalue weighted by Crippen LogP contribution is 2.58.